The largest absolute Gasteiger partial charge is 0.508 e. The quantitative estimate of drug-likeness (QED) is 0.690. The van der Waals surface area contributed by atoms with Crippen molar-refractivity contribution in [2.24, 2.45) is 5.73 Å². The molecule has 2 rings (SSSR count). The molecular weight excluding hydrogens is 176 g/mol. The third-order valence-corrected chi connectivity index (χ3v) is 2.40. The van der Waals surface area contributed by atoms with E-state index >= 15 is 0 Å². The molecule has 1 heterocycles. The van der Waals surface area contributed by atoms with Gasteiger partial charge in [-0.15, -0.1) is 0 Å². The molecule has 0 fully saturated rings. The maximum Gasteiger partial charge on any atom is 0.116 e. The molecule has 3 heteroatoms. The summed E-state index contributed by atoms with van der Waals surface area (Å²) in [7, 11) is 0. The van der Waals surface area contributed by atoms with Crippen LogP contribution in [-0.4, -0.2) is 16.6 Å². The van der Waals surface area contributed by atoms with E-state index in [9.17, 15) is 5.11 Å². The van der Waals surface area contributed by atoms with Crippen molar-refractivity contribution < 1.29 is 5.11 Å². The lowest BCUT2D eigenvalue weighted by Crippen LogP contribution is -1.99. The summed E-state index contributed by atoms with van der Waals surface area (Å²) in [5, 5.41) is 10.5. The van der Waals surface area contributed by atoms with E-state index in [1.807, 2.05) is 12.3 Å². The minimum absolute atomic E-state index is 0.311. The molecule has 14 heavy (non-hydrogen) atoms. The number of aryl methyl sites for hydroxylation is 1. The highest BCUT2D eigenvalue weighted by Gasteiger charge is 2.03. The van der Waals surface area contributed by atoms with Gasteiger partial charge in [-0.25, -0.2) is 0 Å². The number of aromatic amines is 1. The van der Waals surface area contributed by atoms with E-state index in [4.69, 9.17) is 5.73 Å². The standard InChI is InChI=1S/C11H14N2O/c12-5-1-2-8-7-13-11-4-3-9(14)6-10(8)11/h3-4,6-7,13-14H,1-2,5,12H2. The number of hydrogen-bond donors (Lipinski definition) is 3. The molecule has 0 aliphatic rings. The molecule has 0 aliphatic carbocycles. The summed E-state index contributed by atoms with van der Waals surface area (Å²) in [4.78, 5) is 3.17. The van der Waals surface area contributed by atoms with Gasteiger partial charge in [0.1, 0.15) is 5.75 Å². The molecule has 0 aliphatic heterocycles. The number of aromatic hydroxyl groups is 1. The topological polar surface area (TPSA) is 62.0 Å². The van der Waals surface area contributed by atoms with Gasteiger partial charge in [-0.2, -0.15) is 0 Å². The molecule has 0 saturated heterocycles. The van der Waals surface area contributed by atoms with E-state index in [-0.39, 0.29) is 0 Å². The lowest BCUT2D eigenvalue weighted by atomic mass is 10.1. The van der Waals surface area contributed by atoms with E-state index in [0.717, 1.165) is 23.7 Å². The van der Waals surface area contributed by atoms with Crippen LogP contribution in [0.5, 0.6) is 5.75 Å². The predicted octanol–water partition coefficient (Wildman–Crippen LogP) is 1.76. The third kappa shape index (κ3) is 1.59. The summed E-state index contributed by atoms with van der Waals surface area (Å²) in [5.74, 6) is 0.311. The van der Waals surface area contributed by atoms with Crippen molar-refractivity contribution in [2.75, 3.05) is 6.54 Å². The minimum Gasteiger partial charge on any atom is -0.508 e. The Morgan fingerprint density at radius 2 is 2.21 bits per heavy atom. The fourth-order valence-corrected chi connectivity index (χ4v) is 1.67. The first kappa shape index (κ1) is 9.09. The zero-order valence-electron chi connectivity index (χ0n) is 7.96. The Kier molecular flexibility index (Phi) is 2.41. The van der Waals surface area contributed by atoms with Crippen LogP contribution < -0.4 is 5.73 Å². The van der Waals surface area contributed by atoms with E-state index < -0.39 is 0 Å². The number of rotatable bonds is 3. The first-order chi connectivity index (χ1) is 6.81. The van der Waals surface area contributed by atoms with Crippen molar-refractivity contribution >= 4 is 10.9 Å². The van der Waals surface area contributed by atoms with Gasteiger partial charge in [0.05, 0.1) is 0 Å². The molecule has 0 saturated carbocycles. The minimum atomic E-state index is 0.311. The average molecular weight is 190 g/mol. The molecule has 74 valence electrons. The molecule has 4 N–H and O–H groups in total. The van der Waals surface area contributed by atoms with Crippen molar-refractivity contribution in [1.82, 2.24) is 4.98 Å². The molecule has 0 radical (unpaired) electrons. The van der Waals surface area contributed by atoms with E-state index in [2.05, 4.69) is 4.98 Å². The Morgan fingerprint density at radius 1 is 1.36 bits per heavy atom. The van der Waals surface area contributed by atoms with Gasteiger partial charge in [0.25, 0.3) is 0 Å². The Labute approximate surface area is 82.6 Å². The number of aromatic nitrogens is 1. The molecule has 1 aromatic heterocycles. The fourth-order valence-electron chi connectivity index (χ4n) is 1.67. The van der Waals surface area contributed by atoms with Crippen molar-refractivity contribution in [1.29, 1.82) is 0 Å². The Hall–Kier alpha value is -1.48. The molecule has 0 spiro atoms. The predicted molar refractivity (Wildman–Crippen MR) is 57.3 cm³/mol. The molecule has 2 aromatic rings. The van der Waals surface area contributed by atoms with Gasteiger partial charge in [-0.3, -0.25) is 0 Å². The van der Waals surface area contributed by atoms with E-state index in [1.165, 1.54) is 5.56 Å². The fraction of sp³-hybridized carbons (Fsp3) is 0.273. The van der Waals surface area contributed by atoms with Crippen molar-refractivity contribution in [3.05, 3.63) is 30.0 Å². The zero-order valence-corrected chi connectivity index (χ0v) is 7.96. The molecule has 1 aromatic carbocycles. The number of fused-ring (bicyclic) bond motifs is 1. The summed E-state index contributed by atoms with van der Waals surface area (Å²) < 4.78 is 0. The Balaban J connectivity index is 2.40. The van der Waals surface area contributed by atoms with Crippen LogP contribution in [-0.2, 0) is 6.42 Å². The lowest BCUT2D eigenvalue weighted by Gasteiger charge is -1.97. The normalized spacial score (nSPS) is 10.9. The maximum absolute atomic E-state index is 9.36. The van der Waals surface area contributed by atoms with Crippen LogP contribution in [0, 0.1) is 0 Å². The molecule has 3 nitrogen and oxygen atoms in total. The van der Waals surface area contributed by atoms with Crippen LogP contribution in [0.15, 0.2) is 24.4 Å². The second-order valence-electron chi connectivity index (χ2n) is 3.44. The number of hydrogen-bond acceptors (Lipinski definition) is 2. The van der Waals surface area contributed by atoms with E-state index in [1.54, 1.807) is 12.1 Å². The van der Waals surface area contributed by atoms with Gasteiger partial charge in [0.15, 0.2) is 0 Å². The van der Waals surface area contributed by atoms with Crippen molar-refractivity contribution in [3.63, 3.8) is 0 Å². The van der Waals surface area contributed by atoms with Gasteiger partial charge in [-0.05, 0) is 43.1 Å². The van der Waals surface area contributed by atoms with Gasteiger partial charge >= 0.3 is 0 Å². The van der Waals surface area contributed by atoms with Crippen LogP contribution >= 0.6 is 0 Å². The Bertz CT molecular complexity index is 434. The zero-order chi connectivity index (χ0) is 9.97. The second-order valence-corrected chi connectivity index (χ2v) is 3.44. The number of phenolic OH excluding ortho intramolecular Hbond substituents is 1. The molecule has 0 atom stereocenters. The van der Waals surface area contributed by atoms with Gasteiger partial charge < -0.3 is 15.8 Å². The van der Waals surface area contributed by atoms with Crippen LogP contribution in [0.4, 0.5) is 0 Å². The average Bonchev–Trinajstić information content (AvgIpc) is 2.57. The van der Waals surface area contributed by atoms with Gasteiger partial charge in [0.2, 0.25) is 0 Å². The first-order valence-corrected chi connectivity index (χ1v) is 4.80. The highest BCUT2D eigenvalue weighted by Crippen LogP contribution is 2.23. The molecular formula is C11H14N2O. The number of H-pyrrole nitrogens is 1. The first-order valence-electron chi connectivity index (χ1n) is 4.80. The number of phenols is 1. The highest BCUT2D eigenvalue weighted by molar-refractivity contribution is 5.84. The lowest BCUT2D eigenvalue weighted by molar-refractivity contribution is 0.476. The van der Waals surface area contributed by atoms with Gasteiger partial charge in [0, 0.05) is 17.1 Å². The summed E-state index contributed by atoms with van der Waals surface area (Å²) in [5.41, 5.74) is 7.75. The van der Waals surface area contributed by atoms with Crippen LogP contribution in [0.25, 0.3) is 10.9 Å². The molecule has 0 amide bonds. The number of nitrogens with two attached hydrogens (primary N) is 1. The molecule has 0 unspecified atom stereocenters. The summed E-state index contributed by atoms with van der Waals surface area (Å²) in [6, 6.07) is 5.36. The van der Waals surface area contributed by atoms with Crippen LogP contribution in [0.3, 0.4) is 0 Å². The molecule has 0 bridgehead atoms. The number of nitrogens with one attached hydrogen (secondary N) is 1. The SMILES string of the molecule is NCCCc1c[nH]c2ccc(O)cc12. The van der Waals surface area contributed by atoms with E-state index in [0.29, 0.717) is 12.3 Å². The summed E-state index contributed by atoms with van der Waals surface area (Å²) >= 11 is 0. The second kappa shape index (κ2) is 3.72. The van der Waals surface area contributed by atoms with Crippen LogP contribution in [0.1, 0.15) is 12.0 Å². The highest BCUT2D eigenvalue weighted by atomic mass is 16.3. The van der Waals surface area contributed by atoms with Crippen LogP contribution in [0.2, 0.25) is 0 Å². The monoisotopic (exact) mass is 190 g/mol. The summed E-state index contributed by atoms with van der Waals surface area (Å²) in [6.45, 7) is 0.700. The van der Waals surface area contributed by atoms with Crippen molar-refractivity contribution in [2.45, 2.75) is 12.8 Å². The van der Waals surface area contributed by atoms with Crippen molar-refractivity contribution in [3.8, 4) is 5.75 Å². The number of benzene rings is 1. The smallest absolute Gasteiger partial charge is 0.116 e. The third-order valence-electron chi connectivity index (χ3n) is 2.40. The maximum atomic E-state index is 9.36. The Morgan fingerprint density at radius 3 is 3.00 bits per heavy atom. The van der Waals surface area contributed by atoms with Gasteiger partial charge in [-0.1, -0.05) is 0 Å². The summed E-state index contributed by atoms with van der Waals surface area (Å²) in [6.07, 6.45) is 3.92.